The number of nitrogens with one attached hydrogen (secondary N) is 2. The molecule has 21 nitrogen and oxygen atoms in total. The Morgan fingerprint density at radius 1 is 0.905 bits per heavy atom. The number of nitrogens with zero attached hydrogens (tertiary/aromatic N) is 9. The maximum absolute atomic E-state index is 15.2. The minimum absolute atomic E-state index is 0.0261. The van der Waals surface area contributed by atoms with Crippen LogP contribution in [0, 0.1) is 35.9 Å². The second-order valence-electron chi connectivity index (χ2n) is 25.4. The average Bonchev–Trinajstić information content (AvgIpc) is 1.39. The van der Waals surface area contributed by atoms with Crippen molar-refractivity contribution >= 4 is 85.2 Å². The van der Waals surface area contributed by atoms with Crippen molar-refractivity contribution in [2.45, 2.75) is 103 Å². The number of carbonyl (C=O) groups is 6. The largest absolute Gasteiger partial charge is 0.491 e. The summed E-state index contributed by atoms with van der Waals surface area (Å²) in [5, 5.41) is 31.7. The molecule has 0 bridgehead atoms. The van der Waals surface area contributed by atoms with Gasteiger partial charge in [0.1, 0.15) is 17.8 Å². The Kier molecular flexibility index (Phi) is 19.7. The molecule has 0 aliphatic carbocycles. The highest BCUT2D eigenvalue weighted by Crippen LogP contribution is 2.43. The van der Waals surface area contributed by atoms with Gasteiger partial charge in [-0.25, -0.2) is 24.1 Å². The van der Waals surface area contributed by atoms with Gasteiger partial charge in [0.25, 0.3) is 5.91 Å². The number of anilines is 3. The van der Waals surface area contributed by atoms with Crippen molar-refractivity contribution in [1.29, 1.82) is 0 Å². The third kappa shape index (κ3) is 14.9. The minimum Gasteiger partial charge on any atom is -0.491 e. The van der Waals surface area contributed by atoms with Gasteiger partial charge in [-0.3, -0.25) is 29.3 Å². The summed E-state index contributed by atoms with van der Waals surface area (Å²) in [5.74, 6) is 3.66. The number of ether oxygens (including phenoxy) is 1. The van der Waals surface area contributed by atoms with Gasteiger partial charge in [-0.2, -0.15) is 0 Å². The standard InChI is InChI=1S/C71H74FN11O10S2/c1-43(2)63(68(89)83-36-50(84)33-55(83)67(88)73-35-46-20-23-49(24-21-46)65-44(3)74-42-94-65)57-34-60(78-93-57)81-38-71(39-81)40-82(41-71)62(86)19-8-7-18-61(85)79(4)29-10-12-45-22-26-56(53(72)32-45)92-31-11-14-48-25-27-59(76-64(48)69(90)91)80-30-28-47-13-9-15-51(52(47)37-80)66(87)77-70-75-54-16-5-6-17-58(54)95-70/h5-6,9,13,15-17,20-27,32,34,42-43,50,55,63,84H,7-8,11,14,18-19,28-31,33,35-41H2,1-4H3,(H,73,88)(H,90,91)(H,75,77,87)/t50-,55+,63-/m1/s1. The number of unbranched alkanes of at least 4 members (excludes halogenated alkanes) is 1. The molecule has 3 fully saturated rings. The average molecular weight is 1320 g/mol. The molecule has 5 amide bonds. The van der Waals surface area contributed by atoms with E-state index in [9.17, 15) is 39.0 Å². The molecular formula is C71H74FN11O10S2. The third-order valence-electron chi connectivity index (χ3n) is 18.1. The molecule has 8 heterocycles. The number of carboxylic acid groups (broad SMARTS) is 1. The van der Waals surface area contributed by atoms with E-state index < -0.39 is 29.9 Å². The maximum Gasteiger partial charge on any atom is 0.354 e. The number of aromatic nitrogens is 4. The molecule has 3 atom stereocenters. The number of fused-ring (bicyclic) bond motifs is 2. The number of benzene rings is 4. The van der Waals surface area contributed by atoms with E-state index in [2.05, 4.69) is 47.5 Å². The number of aromatic carboxylic acids is 1. The molecule has 8 aromatic rings. The van der Waals surface area contributed by atoms with Gasteiger partial charge in [-0.05, 0) is 115 Å². The summed E-state index contributed by atoms with van der Waals surface area (Å²) in [6.07, 6.45) is 2.29. The lowest BCUT2D eigenvalue weighted by Crippen LogP contribution is -2.73. The highest BCUT2D eigenvalue weighted by atomic mass is 32.1. The van der Waals surface area contributed by atoms with E-state index >= 15 is 4.39 Å². The van der Waals surface area contributed by atoms with Crippen molar-refractivity contribution in [2.24, 2.45) is 11.3 Å². The van der Waals surface area contributed by atoms with Crippen LogP contribution in [0.3, 0.4) is 0 Å². The molecule has 1 spiro atoms. The van der Waals surface area contributed by atoms with Crippen LogP contribution in [0.15, 0.2) is 113 Å². The SMILES string of the molecule is Cc1ncsc1-c1ccc(CNC(=O)[C@@H]2C[C@@H](O)CN2C(=O)[C@@H](c2cc(N3CC4(CN(C(=O)CCCCC(=O)N(C)CC#Cc5ccc(OCCCc6ccc(N7CCc8cccc(C(=O)Nc9nc%10ccccc%10s9)c8C7)nc6C(=O)O)c(F)c5)C4)C3)no2)C(C)C)cc1. The van der Waals surface area contributed by atoms with Gasteiger partial charge < -0.3 is 49.3 Å². The van der Waals surface area contributed by atoms with Crippen LogP contribution in [0.2, 0.25) is 0 Å². The Morgan fingerprint density at radius 3 is 2.46 bits per heavy atom. The number of pyridine rings is 1. The zero-order chi connectivity index (χ0) is 66.5. The van der Waals surface area contributed by atoms with Crippen LogP contribution in [-0.2, 0) is 45.1 Å². The Hall–Kier alpha value is -9.57. The van der Waals surface area contributed by atoms with Crippen molar-refractivity contribution in [3.63, 3.8) is 0 Å². The number of aliphatic hydroxyl groups excluding tert-OH is 1. The van der Waals surface area contributed by atoms with Crippen LogP contribution in [0.5, 0.6) is 5.75 Å². The van der Waals surface area contributed by atoms with Gasteiger partial charge >= 0.3 is 5.97 Å². The van der Waals surface area contributed by atoms with Crippen LogP contribution >= 0.6 is 22.7 Å². The predicted molar refractivity (Wildman–Crippen MR) is 359 cm³/mol. The number of aryl methyl sites for hydroxylation is 2. The molecule has 0 saturated carbocycles. The lowest BCUT2D eigenvalue weighted by molar-refractivity contribution is -0.145. The fourth-order valence-electron chi connectivity index (χ4n) is 13.0. The van der Waals surface area contributed by atoms with E-state index in [4.69, 9.17) is 9.26 Å². The molecule has 4 aromatic carbocycles. The topological polar surface area (TPSA) is 257 Å². The van der Waals surface area contributed by atoms with E-state index in [-0.39, 0.29) is 91.4 Å². The van der Waals surface area contributed by atoms with Crippen molar-refractivity contribution in [3.05, 3.63) is 165 Å². The molecule has 24 heteroatoms. The summed E-state index contributed by atoms with van der Waals surface area (Å²) < 4.78 is 27.8. The lowest BCUT2D eigenvalue weighted by Gasteiger charge is -2.60. The van der Waals surface area contributed by atoms with E-state index in [1.54, 1.807) is 48.7 Å². The Morgan fingerprint density at radius 2 is 1.71 bits per heavy atom. The molecule has 4 aliphatic heterocycles. The number of thiazole rings is 2. The van der Waals surface area contributed by atoms with E-state index in [0.717, 1.165) is 43.0 Å². The van der Waals surface area contributed by atoms with Crippen molar-refractivity contribution in [2.75, 3.05) is 74.6 Å². The smallest absolute Gasteiger partial charge is 0.354 e. The van der Waals surface area contributed by atoms with Crippen LogP contribution in [0.4, 0.5) is 21.2 Å². The fraction of sp³-hybridized carbons (Fsp3) is 0.380. The summed E-state index contributed by atoms with van der Waals surface area (Å²) in [6.45, 7) is 9.85. The van der Waals surface area contributed by atoms with Crippen molar-refractivity contribution in [3.8, 4) is 28.0 Å². The molecule has 0 radical (unpaired) electrons. The van der Waals surface area contributed by atoms with Gasteiger partial charge in [0.05, 0.1) is 45.6 Å². The number of β-amino-alcohol motifs (C(OH)–C–C–N with tert-alkyl or cyclic N) is 1. The van der Waals surface area contributed by atoms with Crippen molar-refractivity contribution in [1.82, 2.24) is 40.1 Å². The van der Waals surface area contributed by atoms with Gasteiger partial charge in [0.2, 0.25) is 23.6 Å². The van der Waals surface area contributed by atoms with Crippen LogP contribution in [0.25, 0.3) is 20.7 Å². The molecule has 3 saturated heterocycles. The van der Waals surface area contributed by atoms with Gasteiger partial charge in [-0.1, -0.05) is 96.8 Å². The first-order chi connectivity index (χ1) is 45.8. The molecule has 0 unspecified atom stereocenters. The Bertz CT molecular complexity index is 4230. The Labute approximate surface area is 557 Å². The zero-order valence-corrected chi connectivity index (χ0v) is 54.9. The number of amides is 5. The summed E-state index contributed by atoms with van der Waals surface area (Å²) in [6, 6.07) is 30.1. The van der Waals surface area contributed by atoms with E-state index in [0.29, 0.717) is 117 Å². The van der Waals surface area contributed by atoms with Gasteiger partial charge in [-0.15, -0.1) is 11.3 Å². The van der Waals surface area contributed by atoms with E-state index in [1.165, 1.54) is 33.3 Å². The zero-order valence-electron chi connectivity index (χ0n) is 53.3. The number of carboxylic acids is 1. The molecular weight excluding hydrogens is 1250 g/mol. The Balaban J connectivity index is 0.533. The molecule has 492 valence electrons. The monoisotopic (exact) mass is 1320 g/mol. The van der Waals surface area contributed by atoms with Crippen molar-refractivity contribution < 1.29 is 52.6 Å². The third-order valence-corrected chi connectivity index (χ3v) is 20.1. The van der Waals surface area contributed by atoms with Gasteiger partial charge in [0.15, 0.2) is 34.0 Å². The second kappa shape index (κ2) is 28.6. The lowest BCUT2D eigenvalue weighted by atomic mass is 9.72. The van der Waals surface area contributed by atoms with Gasteiger partial charge in [0, 0.05) is 101 Å². The van der Waals surface area contributed by atoms with Crippen LogP contribution in [-0.4, -0.2) is 152 Å². The number of carbonyl (C=O) groups excluding carboxylic acids is 5. The quantitative estimate of drug-likeness (QED) is 0.0343. The first-order valence-corrected chi connectivity index (χ1v) is 33.7. The minimum atomic E-state index is -1.17. The molecule has 4 N–H and O–H groups in total. The highest BCUT2D eigenvalue weighted by Gasteiger charge is 2.54. The first-order valence-electron chi connectivity index (χ1n) is 32.0. The highest BCUT2D eigenvalue weighted by molar-refractivity contribution is 7.22. The summed E-state index contributed by atoms with van der Waals surface area (Å²) >= 11 is 2.98. The molecule has 12 rings (SSSR count). The number of likely N-dealkylation sites (tertiary alicyclic amines) is 2. The summed E-state index contributed by atoms with van der Waals surface area (Å²) in [7, 11) is 1.65. The number of halogens is 1. The molecule has 4 aromatic heterocycles. The summed E-state index contributed by atoms with van der Waals surface area (Å²) in [4.78, 5) is 104. The van der Waals surface area contributed by atoms with Crippen LogP contribution < -0.4 is 25.2 Å². The number of hydrogen-bond acceptors (Lipinski definition) is 17. The second-order valence-corrected chi connectivity index (χ2v) is 27.3. The maximum atomic E-state index is 15.2. The number of para-hydroxylation sites is 1. The molecule has 95 heavy (non-hydrogen) atoms. The predicted octanol–water partition coefficient (Wildman–Crippen LogP) is 9.51. The fourth-order valence-corrected chi connectivity index (χ4v) is 14.7. The normalized spacial score (nSPS) is 16.6. The summed E-state index contributed by atoms with van der Waals surface area (Å²) in [5.41, 5.74) is 8.72. The number of rotatable bonds is 23. The van der Waals surface area contributed by atoms with Crippen LogP contribution in [0.1, 0.15) is 118 Å². The first kappa shape index (κ1) is 65.5. The number of hydrogen-bond donors (Lipinski definition) is 4. The number of aliphatic hydroxyl groups is 1. The van der Waals surface area contributed by atoms with E-state index in [1.807, 2.05) is 96.7 Å². The molecule has 4 aliphatic rings.